The predicted octanol–water partition coefficient (Wildman–Crippen LogP) is 1.64. The zero-order valence-electron chi connectivity index (χ0n) is 16.1. The number of carbonyl (C=O) groups is 2. The van der Waals surface area contributed by atoms with Crippen molar-refractivity contribution in [2.45, 2.75) is 39.2 Å². The van der Waals surface area contributed by atoms with E-state index in [2.05, 4.69) is 25.3 Å². The molecule has 4 heterocycles. The van der Waals surface area contributed by atoms with Crippen LogP contribution in [0.3, 0.4) is 0 Å². The fraction of sp³-hybridized carbons (Fsp3) is 0.526. The summed E-state index contributed by atoms with van der Waals surface area (Å²) in [4.78, 5) is 35.4. The second-order valence-electron chi connectivity index (χ2n) is 7.38. The van der Waals surface area contributed by atoms with E-state index in [1.54, 1.807) is 11.0 Å². The van der Waals surface area contributed by atoms with Crippen LogP contribution in [-0.2, 0) is 9.59 Å². The van der Waals surface area contributed by atoms with Gasteiger partial charge in [-0.15, -0.1) is 0 Å². The molecule has 4 rings (SSSR count). The standard InChI is InChI=1S/C19H24N6O2S/c1-12-8-13(2)25(23-12)17-9-16(20-11-21-17)24-6-3-4-14(10-24)18(26)22-15-5-7-28-19(15)27/h8-9,11,14-15H,3-7,10H2,1-2H3,(H,22,26)/t14-,15+/m0/s1. The monoisotopic (exact) mass is 400 g/mol. The number of piperidine rings is 1. The van der Waals surface area contributed by atoms with Crippen LogP contribution >= 0.6 is 11.8 Å². The largest absolute Gasteiger partial charge is 0.356 e. The van der Waals surface area contributed by atoms with Crippen LogP contribution in [-0.4, -0.2) is 55.7 Å². The molecule has 0 aromatic carbocycles. The number of amides is 1. The highest BCUT2D eigenvalue weighted by molar-refractivity contribution is 8.14. The summed E-state index contributed by atoms with van der Waals surface area (Å²) >= 11 is 1.30. The van der Waals surface area contributed by atoms with Crippen molar-refractivity contribution in [2.75, 3.05) is 23.7 Å². The summed E-state index contributed by atoms with van der Waals surface area (Å²) in [5.41, 5.74) is 1.95. The van der Waals surface area contributed by atoms with Gasteiger partial charge in [0, 0.05) is 30.6 Å². The number of nitrogens with zero attached hydrogens (tertiary/aromatic N) is 5. The van der Waals surface area contributed by atoms with E-state index in [0.717, 1.165) is 54.6 Å². The molecule has 2 saturated heterocycles. The van der Waals surface area contributed by atoms with E-state index in [1.165, 1.54) is 11.8 Å². The second-order valence-corrected chi connectivity index (χ2v) is 8.48. The Morgan fingerprint density at radius 1 is 1.21 bits per heavy atom. The van der Waals surface area contributed by atoms with Gasteiger partial charge in [0.2, 0.25) is 11.0 Å². The zero-order valence-corrected chi connectivity index (χ0v) is 16.9. The van der Waals surface area contributed by atoms with Gasteiger partial charge in [-0.2, -0.15) is 5.10 Å². The smallest absolute Gasteiger partial charge is 0.225 e. The number of nitrogens with one attached hydrogen (secondary N) is 1. The minimum absolute atomic E-state index is 0.0293. The molecule has 2 aliphatic heterocycles. The number of aryl methyl sites for hydroxylation is 2. The lowest BCUT2D eigenvalue weighted by Gasteiger charge is -2.33. The average Bonchev–Trinajstić information content (AvgIpc) is 3.26. The molecular formula is C19H24N6O2S. The summed E-state index contributed by atoms with van der Waals surface area (Å²) in [6.07, 6.45) is 4.00. The van der Waals surface area contributed by atoms with Crippen LogP contribution < -0.4 is 10.2 Å². The normalized spacial score (nSPS) is 22.5. The molecule has 0 unspecified atom stereocenters. The molecular weight excluding hydrogens is 376 g/mol. The van der Waals surface area contributed by atoms with Gasteiger partial charge in [0.05, 0.1) is 17.7 Å². The van der Waals surface area contributed by atoms with Crippen LogP contribution in [0.1, 0.15) is 30.7 Å². The minimum Gasteiger partial charge on any atom is -0.356 e. The predicted molar refractivity (Wildman–Crippen MR) is 108 cm³/mol. The first kappa shape index (κ1) is 18.9. The summed E-state index contributed by atoms with van der Waals surface area (Å²) in [5.74, 6) is 2.13. The van der Waals surface area contributed by atoms with E-state index < -0.39 is 0 Å². The lowest BCUT2D eigenvalue weighted by atomic mass is 9.96. The lowest BCUT2D eigenvalue weighted by Crippen LogP contribution is -2.47. The van der Waals surface area contributed by atoms with Crippen LogP contribution in [0, 0.1) is 19.8 Å². The second kappa shape index (κ2) is 7.90. The molecule has 0 saturated carbocycles. The Morgan fingerprint density at radius 2 is 2.04 bits per heavy atom. The summed E-state index contributed by atoms with van der Waals surface area (Å²) in [5, 5.41) is 7.49. The molecule has 148 valence electrons. The van der Waals surface area contributed by atoms with E-state index in [1.807, 2.05) is 26.0 Å². The summed E-state index contributed by atoms with van der Waals surface area (Å²) in [6.45, 7) is 5.38. The van der Waals surface area contributed by atoms with E-state index in [9.17, 15) is 9.59 Å². The van der Waals surface area contributed by atoms with Crippen molar-refractivity contribution < 1.29 is 9.59 Å². The number of hydrogen-bond acceptors (Lipinski definition) is 7. The molecule has 0 spiro atoms. The molecule has 2 atom stereocenters. The van der Waals surface area contributed by atoms with Gasteiger partial charge in [-0.3, -0.25) is 9.59 Å². The maximum absolute atomic E-state index is 12.7. The molecule has 1 N–H and O–H groups in total. The van der Waals surface area contributed by atoms with Gasteiger partial charge in [-0.25, -0.2) is 14.6 Å². The lowest BCUT2D eigenvalue weighted by molar-refractivity contribution is -0.128. The molecule has 0 radical (unpaired) electrons. The van der Waals surface area contributed by atoms with Crippen LogP contribution in [0.2, 0.25) is 0 Å². The SMILES string of the molecule is Cc1cc(C)n(-c2cc(N3CCC[C@H](C(=O)N[C@@H]4CCSC4=O)C3)ncn2)n1. The number of rotatable bonds is 4. The minimum atomic E-state index is -0.329. The Bertz CT molecular complexity index is 898. The molecule has 9 heteroatoms. The highest BCUT2D eigenvalue weighted by Crippen LogP contribution is 2.25. The molecule has 8 nitrogen and oxygen atoms in total. The van der Waals surface area contributed by atoms with Crippen LogP contribution in [0.4, 0.5) is 5.82 Å². The van der Waals surface area contributed by atoms with Crippen molar-refractivity contribution in [3.05, 3.63) is 29.8 Å². The number of carbonyl (C=O) groups excluding carboxylic acids is 2. The highest BCUT2D eigenvalue weighted by Gasteiger charge is 2.32. The van der Waals surface area contributed by atoms with E-state index in [-0.39, 0.29) is 23.0 Å². The van der Waals surface area contributed by atoms with Gasteiger partial charge in [-0.05, 0) is 39.2 Å². The summed E-state index contributed by atoms with van der Waals surface area (Å²) < 4.78 is 1.80. The first-order valence-electron chi connectivity index (χ1n) is 9.59. The third kappa shape index (κ3) is 3.89. The first-order chi connectivity index (χ1) is 13.5. The van der Waals surface area contributed by atoms with Crippen molar-refractivity contribution in [2.24, 2.45) is 5.92 Å². The number of thioether (sulfide) groups is 1. The third-order valence-corrected chi connectivity index (χ3v) is 6.24. The van der Waals surface area contributed by atoms with Crippen molar-refractivity contribution in [3.8, 4) is 5.82 Å². The van der Waals surface area contributed by atoms with Gasteiger partial charge < -0.3 is 10.2 Å². The van der Waals surface area contributed by atoms with Crippen molar-refractivity contribution in [3.63, 3.8) is 0 Å². The Kier molecular flexibility index (Phi) is 5.34. The van der Waals surface area contributed by atoms with Gasteiger partial charge in [0.1, 0.15) is 12.1 Å². The highest BCUT2D eigenvalue weighted by atomic mass is 32.2. The molecule has 0 bridgehead atoms. The number of hydrogen-bond donors (Lipinski definition) is 1. The van der Waals surface area contributed by atoms with Gasteiger partial charge >= 0.3 is 0 Å². The maximum Gasteiger partial charge on any atom is 0.225 e. The maximum atomic E-state index is 12.7. The Balaban J connectivity index is 1.47. The van der Waals surface area contributed by atoms with E-state index >= 15 is 0 Å². The average molecular weight is 401 g/mol. The van der Waals surface area contributed by atoms with Crippen LogP contribution in [0.15, 0.2) is 18.5 Å². The molecule has 2 aliphatic rings. The van der Waals surface area contributed by atoms with E-state index in [4.69, 9.17) is 0 Å². The topological polar surface area (TPSA) is 93.0 Å². The fourth-order valence-corrected chi connectivity index (χ4v) is 4.74. The molecule has 28 heavy (non-hydrogen) atoms. The molecule has 1 amide bonds. The number of anilines is 1. The summed E-state index contributed by atoms with van der Waals surface area (Å²) in [6, 6.07) is 3.59. The van der Waals surface area contributed by atoms with Crippen LogP contribution in [0.25, 0.3) is 5.82 Å². The Hall–Kier alpha value is -2.42. The quantitative estimate of drug-likeness (QED) is 0.834. The Morgan fingerprint density at radius 3 is 2.75 bits per heavy atom. The van der Waals surface area contributed by atoms with Crippen molar-refractivity contribution in [1.29, 1.82) is 0 Å². The first-order valence-corrected chi connectivity index (χ1v) is 10.6. The number of aromatic nitrogens is 4. The molecule has 2 fully saturated rings. The third-order valence-electron chi connectivity index (χ3n) is 5.23. The zero-order chi connectivity index (χ0) is 19.7. The van der Waals surface area contributed by atoms with Gasteiger partial charge in [-0.1, -0.05) is 11.8 Å². The van der Waals surface area contributed by atoms with Crippen molar-refractivity contribution >= 4 is 28.6 Å². The van der Waals surface area contributed by atoms with Crippen LogP contribution in [0.5, 0.6) is 0 Å². The van der Waals surface area contributed by atoms with E-state index in [0.29, 0.717) is 6.54 Å². The fourth-order valence-electron chi connectivity index (χ4n) is 3.80. The molecule has 0 aliphatic carbocycles. The Labute approximate surface area is 168 Å². The molecule has 2 aromatic rings. The van der Waals surface area contributed by atoms with Gasteiger partial charge in [0.25, 0.3) is 0 Å². The summed E-state index contributed by atoms with van der Waals surface area (Å²) in [7, 11) is 0. The molecule has 2 aromatic heterocycles. The van der Waals surface area contributed by atoms with Gasteiger partial charge in [0.15, 0.2) is 5.82 Å². The van der Waals surface area contributed by atoms with Crippen molar-refractivity contribution in [1.82, 2.24) is 25.1 Å².